The first-order valence-corrected chi connectivity index (χ1v) is 4.67. The Kier molecular flexibility index (Phi) is 2.79. The first-order valence-electron chi connectivity index (χ1n) is 4.67. The molecular formula is C11H13FO2. The van der Waals surface area contributed by atoms with Crippen molar-refractivity contribution in [3.8, 4) is 0 Å². The lowest BCUT2D eigenvalue weighted by Gasteiger charge is -2.33. The average molecular weight is 196 g/mol. The Bertz CT molecular complexity index is 283. The molecule has 1 aromatic carbocycles. The molecule has 0 radical (unpaired) electrons. The highest BCUT2D eigenvalue weighted by molar-refractivity contribution is 5.13. The van der Waals surface area contributed by atoms with Crippen LogP contribution < -0.4 is 0 Å². The van der Waals surface area contributed by atoms with Crippen molar-refractivity contribution in [1.29, 1.82) is 0 Å². The van der Waals surface area contributed by atoms with Crippen LogP contribution in [0.4, 0.5) is 4.39 Å². The first kappa shape index (κ1) is 9.62. The van der Waals surface area contributed by atoms with E-state index >= 15 is 0 Å². The molecule has 14 heavy (non-hydrogen) atoms. The molecule has 0 aliphatic carbocycles. The van der Waals surface area contributed by atoms with Gasteiger partial charge in [0.25, 0.3) is 0 Å². The molecule has 0 spiro atoms. The van der Waals surface area contributed by atoms with Crippen molar-refractivity contribution < 1.29 is 13.9 Å². The topological polar surface area (TPSA) is 18.5 Å². The standard InChI is InChI=1S/C11H13FO2/c12-11(8-14-9-11)7-13-6-10-4-2-1-3-5-10/h1-5H,6-9H2. The fraction of sp³-hybridized carbons (Fsp3) is 0.455. The second kappa shape index (κ2) is 4.07. The maximum absolute atomic E-state index is 13.4. The molecule has 2 nitrogen and oxygen atoms in total. The number of rotatable bonds is 4. The highest BCUT2D eigenvalue weighted by Gasteiger charge is 2.38. The second-order valence-corrected chi connectivity index (χ2v) is 3.62. The Morgan fingerprint density at radius 3 is 2.57 bits per heavy atom. The van der Waals surface area contributed by atoms with E-state index in [1.165, 1.54) is 0 Å². The van der Waals surface area contributed by atoms with Gasteiger partial charge in [0.2, 0.25) is 0 Å². The molecule has 1 heterocycles. The molecule has 2 rings (SSSR count). The summed E-state index contributed by atoms with van der Waals surface area (Å²) in [5, 5.41) is 0. The molecule has 0 saturated carbocycles. The second-order valence-electron chi connectivity index (χ2n) is 3.62. The average Bonchev–Trinajstić information content (AvgIpc) is 2.17. The van der Waals surface area contributed by atoms with E-state index in [1.54, 1.807) is 0 Å². The van der Waals surface area contributed by atoms with Gasteiger partial charge in [-0.05, 0) is 5.56 Å². The molecule has 1 aliphatic rings. The molecule has 1 saturated heterocycles. The van der Waals surface area contributed by atoms with E-state index < -0.39 is 5.67 Å². The number of benzene rings is 1. The summed E-state index contributed by atoms with van der Waals surface area (Å²) in [7, 11) is 0. The molecule has 0 N–H and O–H groups in total. The normalized spacial score (nSPS) is 18.9. The van der Waals surface area contributed by atoms with Gasteiger partial charge in [-0.1, -0.05) is 30.3 Å². The zero-order chi connectivity index (χ0) is 9.86. The molecule has 0 atom stereocenters. The van der Waals surface area contributed by atoms with E-state index in [4.69, 9.17) is 9.47 Å². The SMILES string of the molecule is FC1(COCc2ccccc2)COC1. The summed E-state index contributed by atoms with van der Waals surface area (Å²) in [6.45, 7) is 0.929. The third-order valence-corrected chi connectivity index (χ3v) is 2.19. The minimum absolute atomic E-state index is 0.127. The zero-order valence-corrected chi connectivity index (χ0v) is 7.91. The first-order chi connectivity index (χ1) is 6.79. The minimum Gasteiger partial charge on any atom is -0.374 e. The fourth-order valence-electron chi connectivity index (χ4n) is 1.33. The summed E-state index contributed by atoms with van der Waals surface area (Å²) in [6.07, 6.45) is 0. The van der Waals surface area contributed by atoms with E-state index in [0.29, 0.717) is 6.61 Å². The van der Waals surface area contributed by atoms with Crippen molar-refractivity contribution in [3.05, 3.63) is 35.9 Å². The van der Waals surface area contributed by atoms with Gasteiger partial charge >= 0.3 is 0 Å². The molecule has 0 unspecified atom stereocenters. The van der Waals surface area contributed by atoms with Gasteiger partial charge in [0.05, 0.1) is 26.4 Å². The van der Waals surface area contributed by atoms with Crippen LogP contribution in [0.5, 0.6) is 0 Å². The van der Waals surface area contributed by atoms with Gasteiger partial charge in [-0.2, -0.15) is 0 Å². The van der Waals surface area contributed by atoms with Gasteiger partial charge in [0, 0.05) is 0 Å². The fourth-order valence-corrected chi connectivity index (χ4v) is 1.33. The maximum atomic E-state index is 13.4. The van der Waals surface area contributed by atoms with Gasteiger partial charge in [-0.15, -0.1) is 0 Å². The Morgan fingerprint density at radius 1 is 1.29 bits per heavy atom. The summed E-state index contributed by atoms with van der Waals surface area (Å²) in [5.41, 5.74) is -0.175. The number of ether oxygens (including phenoxy) is 2. The van der Waals surface area contributed by atoms with Crippen LogP contribution in [-0.4, -0.2) is 25.5 Å². The lowest BCUT2D eigenvalue weighted by Crippen LogP contribution is -2.49. The molecule has 0 bridgehead atoms. The number of alkyl halides is 1. The van der Waals surface area contributed by atoms with Gasteiger partial charge in [-0.3, -0.25) is 0 Å². The summed E-state index contributed by atoms with van der Waals surface area (Å²) < 4.78 is 23.4. The lowest BCUT2D eigenvalue weighted by molar-refractivity contribution is -0.163. The third-order valence-electron chi connectivity index (χ3n) is 2.19. The largest absolute Gasteiger partial charge is 0.374 e. The maximum Gasteiger partial charge on any atom is 0.180 e. The summed E-state index contributed by atoms with van der Waals surface area (Å²) in [5.74, 6) is 0. The van der Waals surface area contributed by atoms with Gasteiger partial charge < -0.3 is 9.47 Å². The summed E-state index contributed by atoms with van der Waals surface area (Å²) in [4.78, 5) is 0. The number of hydrogen-bond acceptors (Lipinski definition) is 2. The summed E-state index contributed by atoms with van der Waals surface area (Å²) in [6, 6.07) is 9.75. The van der Waals surface area contributed by atoms with Crippen LogP contribution in [0.3, 0.4) is 0 Å². The van der Waals surface area contributed by atoms with Crippen LogP contribution >= 0.6 is 0 Å². The van der Waals surface area contributed by atoms with Gasteiger partial charge in [-0.25, -0.2) is 4.39 Å². The molecule has 1 fully saturated rings. The summed E-state index contributed by atoms with van der Waals surface area (Å²) >= 11 is 0. The van der Waals surface area contributed by atoms with Gasteiger partial charge in [0.1, 0.15) is 0 Å². The third kappa shape index (κ3) is 2.30. The molecule has 0 aromatic heterocycles. The zero-order valence-electron chi connectivity index (χ0n) is 7.91. The molecule has 0 amide bonds. The van der Waals surface area contributed by atoms with Crippen molar-refractivity contribution in [3.63, 3.8) is 0 Å². The van der Waals surface area contributed by atoms with Crippen molar-refractivity contribution in [2.24, 2.45) is 0 Å². The lowest BCUT2D eigenvalue weighted by atomic mass is 10.1. The van der Waals surface area contributed by atoms with Crippen LogP contribution in [0.1, 0.15) is 5.56 Å². The monoisotopic (exact) mass is 196 g/mol. The highest BCUT2D eigenvalue weighted by Crippen LogP contribution is 2.22. The quantitative estimate of drug-likeness (QED) is 0.732. The van der Waals surface area contributed by atoms with E-state index in [2.05, 4.69) is 0 Å². The molecular weight excluding hydrogens is 183 g/mol. The molecule has 1 aliphatic heterocycles. The van der Waals surface area contributed by atoms with E-state index in [9.17, 15) is 4.39 Å². The number of hydrogen-bond donors (Lipinski definition) is 0. The number of halogens is 1. The molecule has 76 valence electrons. The van der Waals surface area contributed by atoms with Crippen LogP contribution in [0, 0.1) is 0 Å². The van der Waals surface area contributed by atoms with Crippen molar-refractivity contribution in [2.45, 2.75) is 12.3 Å². The van der Waals surface area contributed by atoms with E-state index in [1.807, 2.05) is 30.3 Å². The smallest absolute Gasteiger partial charge is 0.180 e. The Balaban J connectivity index is 1.73. The van der Waals surface area contributed by atoms with Crippen molar-refractivity contribution in [1.82, 2.24) is 0 Å². The Hall–Kier alpha value is -0.930. The van der Waals surface area contributed by atoms with Crippen LogP contribution in [-0.2, 0) is 16.1 Å². The Labute approximate surface area is 82.6 Å². The predicted molar refractivity (Wildman–Crippen MR) is 50.8 cm³/mol. The van der Waals surface area contributed by atoms with Crippen molar-refractivity contribution >= 4 is 0 Å². The van der Waals surface area contributed by atoms with Crippen LogP contribution in [0.25, 0.3) is 0 Å². The van der Waals surface area contributed by atoms with Crippen LogP contribution in [0.2, 0.25) is 0 Å². The van der Waals surface area contributed by atoms with E-state index in [0.717, 1.165) is 5.56 Å². The molecule has 3 heteroatoms. The van der Waals surface area contributed by atoms with E-state index in [-0.39, 0.29) is 19.8 Å². The molecule has 1 aromatic rings. The minimum atomic E-state index is -1.24. The Morgan fingerprint density at radius 2 is 2.00 bits per heavy atom. The highest BCUT2D eigenvalue weighted by atomic mass is 19.1. The predicted octanol–water partition coefficient (Wildman–Crippen LogP) is 1.94. The van der Waals surface area contributed by atoms with Crippen molar-refractivity contribution in [2.75, 3.05) is 19.8 Å². The van der Waals surface area contributed by atoms with Crippen LogP contribution in [0.15, 0.2) is 30.3 Å². The van der Waals surface area contributed by atoms with Gasteiger partial charge in [0.15, 0.2) is 5.67 Å².